The first-order valence-electron chi connectivity index (χ1n) is 8.94. The molecule has 0 atom stereocenters. The van der Waals surface area contributed by atoms with Gasteiger partial charge in [0.15, 0.2) is 0 Å². The van der Waals surface area contributed by atoms with Gasteiger partial charge in [-0.15, -0.1) is 0 Å². The number of hydrogen-bond donors (Lipinski definition) is 1. The average molecular weight is 365 g/mol. The highest BCUT2D eigenvalue weighted by molar-refractivity contribution is 6.01. The van der Waals surface area contributed by atoms with Crippen molar-refractivity contribution in [1.82, 2.24) is 14.5 Å². The van der Waals surface area contributed by atoms with Gasteiger partial charge in [-0.2, -0.15) is 0 Å². The number of carbonyl (C=O) groups is 1. The molecule has 7 nitrogen and oxygen atoms in total. The van der Waals surface area contributed by atoms with E-state index in [1.54, 1.807) is 4.90 Å². The summed E-state index contributed by atoms with van der Waals surface area (Å²) in [6.45, 7) is 6.24. The number of ether oxygens (including phenoxy) is 1. The number of aromatic nitrogens is 3. The molecule has 7 heteroatoms. The van der Waals surface area contributed by atoms with Crippen molar-refractivity contribution in [3.63, 3.8) is 0 Å². The van der Waals surface area contributed by atoms with Crippen molar-refractivity contribution in [2.45, 2.75) is 32.8 Å². The Kier molecular flexibility index (Phi) is 3.83. The molecule has 27 heavy (non-hydrogen) atoms. The largest absolute Gasteiger partial charge is 0.443 e. The van der Waals surface area contributed by atoms with E-state index < -0.39 is 5.60 Å². The maximum absolute atomic E-state index is 12.5. The van der Waals surface area contributed by atoms with E-state index in [4.69, 9.17) is 10.5 Å². The number of aryl methyl sites for hydroxylation is 1. The zero-order valence-corrected chi connectivity index (χ0v) is 16.0. The summed E-state index contributed by atoms with van der Waals surface area (Å²) in [7, 11) is 1.94. The van der Waals surface area contributed by atoms with E-state index in [9.17, 15) is 4.79 Å². The zero-order valence-electron chi connectivity index (χ0n) is 16.0. The van der Waals surface area contributed by atoms with Gasteiger partial charge in [0.05, 0.1) is 11.1 Å². The van der Waals surface area contributed by atoms with Gasteiger partial charge >= 0.3 is 6.09 Å². The Labute approximate surface area is 157 Å². The molecule has 3 heterocycles. The van der Waals surface area contributed by atoms with Gasteiger partial charge in [-0.3, -0.25) is 4.90 Å². The van der Waals surface area contributed by atoms with Gasteiger partial charge in [-0.25, -0.2) is 14.8 Å². The minimum Gasteiger partial charge on any atom is -0.443 e. The lowest BCUT2D eigenvalue weighted by atomic mass is 10.0. The maximum Gasteiger partial charge on any atom is 0.414 e. The second-order valence-corrected chi connectivity index (χ2v) is 7.84. The molecule has 0 aliphatic carbocycles. The Hall–Kier alpha value is -3.09. The average Bonchev–Trinajstić information content (AvgIpc) is 3.15. The second-order valence-electron chi connectivity index (χ2n) is 7.84. The van der Waals surface area contributed by atoms with E-state index in [0.29, 0.717) is 12.4 Å². The van der Waals surface area contributed by atoms with Crippen LogP contribution in [0, 0.1) is 0 Å². The van der Waals surface area contributed by atoms with Crippen LogP contribution in [0.2, 0.25) is 0 Å². The minimum absolute atomic E-state index is 0.309. The van der Waals surface area contributed by atoms with Crippen LogP contribution in [0.3, 0.4) is 0 Å². The summed E-state index contributed by atoms with van der Waals surface area (Å²) < 4.78 is 7.47. The van der Waals surface area contributed by atoms with Gasteiger partial charge in [0.1, 0.15) is 23.4 Å². The van der Waals surface area contributed by atoms with Crippen LogP contribution >= 0.6 is 0 Å². The molecule has 1 aromatic carbocycles. The molecule has 140 valence electrons. The smallest absolute Gasteiger partial charge is 0.414 e. The summed E-state index contributed by atoms with van der Waals surface area (Å²) >= 11 is 0. The van der Waals surface area contributed by atoms with Gasteiger partial charge in [-0.05, 0) is 50.5 Å². The van der Waals surface area contributed by atoms with Crippen LogP contribution in [0.15, 0.2) is 30.7 Å². The van der Waals surface area contributed by atoms with Crippen LogP contribution in [-0.2, 0) is 18.2 Å². The van der Waals surface area contributed by atoms with E-state index >= 15 is 0 Å². The number of carbonyl (C=O) groups excluding carboxylic acids is 1. The molecule has 1 aliphatic heterocycles. The third-order valence-corrected chi connectivity index (χ3v) is 4.68. The minimum atomic E-state index is -0.514. The number of anilines is 2. The predicted octanol–water partition coefficient (Wildman–Crippen LogP) is 3.52. The Morgan fingerprint density at radius 3 is 2.78 bits per heavy atom. The van der Waals surface area contributed by atoms with Crippen LogP contribution < -0.4 is 10.6 Å². The summed E-state index contributed by atoms with van der Waals surface area (Å²) in [6.07, 6.45) is 3.97. The molecule has 0 fully saturated rings. The third kappa shape index (κ3) is 2.99. The Morgan fingerprint density at radius 2 is 2.04 bits per heavy atom. The fourth-order valence-corrected chi connectivity index (χ4v) is 3.53. The fraction of sp³-hybridized carbons (Fsp3) is 0.350. The molecule has 0 saturated heterocycles. The second kappa shape index (κ2) is 5.97. The molecule has 0 saturated carbocycles. The molecule has 0 spiro atoms. The molecule has 2 N–H and O–H groups in total. The topological polar surface area (TPSA) is 86.3 Å². The third-order valence-electron chi connectivity index (χ3n) is 4.68. The highest BCUT2D eigenvalue weighted by atomic mass is 16.6. The Bertz CT molecular complexity index is 1050. The van der Waals surface area contributed by atoms with Gasteiger partial charge < -0.3 is 15.0 Å². The first kappa shape index (κ1) is 17.3. The standard InChI is InChI=1S/C20H23N5O2/c1-20(2,3)27-19(26)25-8-7-13-9-12(5-6-15(13)25)14-10-24(4)18-16(14)17(21)22-11-23-18/h5-6,9-11H,7-8H2,1-4H3,(H2,21,22,23). The van der Waals surface area contributed by atoms with Crippen molar-refractivity contribution < 1.29 is 9.53 Å². The summed E-state index contributed by atoms with van der Waals surface area (Å²) in [5.74, 6) is 0.464. The van der Waals surface area contributed by atoms with Crippen molar-refractivity contribution in [2.24, 2.45) is 7.05 Å². The lowest BCUT2D eigenvalue weighted by Crippen LogP contribution is -2.35. The summed E-state index contributed by atoms with van der Waals surface area (Å²) in [4.78, 5) is 22.6. The van der Waals surface area contributed by atoms with Gasteiger partial charge in [0.2, 0.25) is 0 Å². The fourth-order valence-electron chi connectivity index (χ4n) is 3.53. The number of benzene rings is 1. The van der Waals surface area contributed by atoms with E-state index in [1.165, 1.54) is 6.33 Å². The maximum atomic E-state index is 12.5. The zero-order chi connectivity index (χ0) is 19.3. The van der Waals surface area contributed by atoms with Crippen LogP contribution in [-0.4, -0.2) is 32.8 Å². The molecule has 3 aromatic rings. The number of fused-ring (bicyclic) bond motifs is 2. The Balaban J connectivity index is 1.73. The number of nitrogens with zero attached hydrogens (tertiary/aromatic N) is 4. The predicted molar refractivity (Wildman–Crippen MR) is 106 cm³/mol. The highest BCUT2D eigenvalue weighted by Crippen LogP contribution is 2.37. The van der Waals surface area contributed by atoms with Crippen molar-refractivity contribution in [1.29, 1.82) is 0 Å². The van der Waals surface area contributed by atoms with Crippen molar-refractivity contribution >= 4 is 28.6 Å². The summed E-state index contributed by atoms with van der Waals surface area (Å²) in [5, 5.41) is 0.849. The molecule has 2 aromatic heterocycles. The Morgan fingerprint density at radius 1 is 1.26 bits per heavy atom. The van der Waals surface area contributed by atoms with Crippen LogP contribution in [0.5, 0.6) is 0 Å². The lowest BCUT2D eigenvalue weighted by molar-refractivity contribution is 0.0584. The molecule has 1 aliphatic rings. The number of nitrogens with two attached hydrogens (primary N) is 1. The van der Waals surface area contributed by atoms with Crippen molar-refractivity contribution in [3.05, 3.63) is 36.3 Å². The van der Waals surface area contributed by atoms with E-state index in [0.717, 1.165) is 39.8 Å². The molecule has 0 radical (unpaired) electrons. The van der Waals surface area contributed by atoms with Gasteiger partial charge in [-0.1, -0.05) is 6.07 Å². The number of nitrogen functional groups attached to an aromatic ring is 1. The number of amides is 1. The van der Waals surface area contributed by atoms with Crippen LogP contribution in [0.4, 0.5) is 16.3 Å². The van der Waals surface area contributed by atoms with Crippen LogP contribution in [0.25, 0.3) is 22.2 Å². The number of hydrogen-bond acceptors (Lipinski definition) is 5. The van der Waals surface area contributed by atoms with Crippen molar-refractivity contribution in [2.75, 3.05) is 17.2 Å². The van der Waals surface area contributed by atoms with E-state index in [1.807, 2.05) is 50.7 Å². The molecular formula is C20H23N5O2. The summed E-state index contributed by atoms with van der Waals surface area (Å²) in [5.41, 5.74) is 10.4. The molecular weight excluding hydrogens is 342 g/mol. The number of rotatable bonds is 1. The first-order valence-corrected chi connectivity index (χ1v) is 8.94. The molecule has 0 bridgehead atoms. The molecule has 1 amide bonds. The van der Waals surface area contributed by atoms with Crippen molar-refractivity contribution in [3.8, 4) is 11.1 Å². The lowest BCUT2D eigenvalue weighted by Gasteiger charge is -2.24. The SMILES string of the molecule is Cn1cc(-c2ccc3c(c2)CCN3C(=O)OC(C)(C)C)c2c(N)ncnc21. The quantitative estimate of drug-likeness (QED) is 0.713. The summed E-state index contributed by atoms with van der Waals surface area (Å²) in [6, 6.07) is 6.09. The highest BCUT2D eigenvalue weighted by Gasteiger charge is 2.29. The first-order chi connectivity index (χ1) is 12.7. The van der Waals surface area contributed by atoms with E-state index in [-0.39, 0.29) is 6.09 Å². The molecule has 0 unspecified atom stereocenters. The normalized spacial score (nSPS) is 13.9. The molecule has 4 rings (SSSR count). The van der Waals surface area contributed by atoms with Crippen LogP contribution in [0.1, 0.15) is 26.3 Å². The van der Waals surface area contributed by atoms with Gasteiger partial charge in [0.25, 0.3) is 0 Å². The monoisotopic (exact) mass is 365 g/mol. The van der Waals surface area contributed by atoms with E-state index in [2.05, 4.69) is 16.0 Å². The van der Waals surface area contributed by atoms with Gasteiger partial charge in [0, 0.05) is 25.4 Å².